The second-order valence-corrected chi connectivity index (χ2v) is 6.10. The highest BCUT2D eigenvalue weighted by atomic mass is 32.2. The van der Waals surface area contributed by atoms with E-state index in [-0.39, 0.29) is 11.6 Å². The molecule has 19 heavy (non-hydrogen) atoms. The minimum absolute atomic E-state index is 0.283. The van der Waals surface area contributed by atoms with Crippen molar-refractivity contribution in [1.29, 1.82) is 0 Å². The van der Waals surface area contributed by atoms with Crippen molar-refractivity contribution in [3.8, 4) is 0 Å². The maximum Gasteiger partial charge on any atom is 0.371 e. The highest BCUT2D eigenvalue weighted by Gasteiger charge is 2.21. The maximum atomic E-state index is 11.8. The zero-order valence-corrected chi connectivity index (χ0v) is 11.1. The second kappa shape index (κ2) is 5.72. The molecule has 8 heteroatoms. The molecule has 1 aromatic heterocycles. The lowest BCUT2D eigenvalue weighted by molar-refractivity contribution is 0.0656. The highest BCUT2D eigenvalue weighted by molar-refractivity contribution is 7.89. The standard InChI is InChI=1S/C11H16N2O5S/c14-11(15)9-4-5-10(18-9)19(16,17)13-7-1-6-12-8-2-3-8/h4-5,8,12-13H,1-3,6-7H2,(H,14,15). The van der Waals surface area contributed by atoms with Crippen molar-refractivity contribution in [1.82, 2.24) is 10.0 Å². The molecule has 0 aromatic carbocycles. The Labute approximate surface area is 111 Å². The first-order valence-electron chi connectivity index (χ1n) is 6.05. The summed E-state index contributed by atoms with van der Waals surface area (Å²) in [5.74, 6) is -1.69. The number of carboxylic acids is 1. The molecule has 106 valence electrons. The molecular formula is C11H16N2O5S. The number of nitrogens with one attached hydrogen (secondary N) is 2. The van der Waals surface area contributed by atoms with Crippen molar-refractivity contribution < 1.29 is 22.7 Å². The Bertz CT molecular complexity index is 547. The molecule has 3 N–H and O–H groups in total. The Morgan fingerprint density at radius 3 is 2.68 bits per heavy atom. The van der Waals surface area contributed by atoms with Crippen LogP contribution >= 0.6 is 0 Å². The zero-order chi connectivity index (χ0) is 13.9. The van der Waals surface area contributed by atoms with Crippen LogP contribution in [0.15, 0.2) is 21.6 Å². The molecule has 1 heterocycles. The van der Waals surface area contributed by atoms with Crippen LogP contribution in [0.2, 0.25) is 0 Å². The molecule has 0 bridgehead atoms. The average molecular weight is 288 g/mol. The zero-order valence-electron chi connectivity index (χ0n) is 10.3. The lowest BCUT2D eigenvalue weighted by Gasteiger charge is -2.04. The predicted octanol–water partition coefficient (Wildman–Crippen LogP) is 0.398. The van der Waals surface area contributed by atoms with Crippen LogP contribution < -0.4 is 10.0 Å². The third-order valence-corrected chi connectivity index (χ3v) is 4.05. The van der Waals surface area contributed by atoms with Gasteiger partial charge in [0.05, 0.1) is 0 Å². The van der Waals surface area contributed by atoms with Gasteiger partial charge in [0, 0.05) is 12.6 Å². The topological polar surface area (TPSA) is 109 Å². The van der Waals surface area contributed by atoms with Gasteiger partial charge >= 0.3 is 5.97 Å². The molecule has 0 amide bonds. The lowest BCUT2D eigenvalue weighted by atomic mass is 10.4. The van der Waals surface area contributed by atoms with E-state index < -0.39 is 21.8 Å². The van der Waals surface area contributed by atoms with E-state index in [0.717, 1.165) is 18.7 Å². The van der Waals surface area contributed by atoms with E-state index >= 15 is 0 Å². The molecule has 0 radical (unpaired) electrons. The van der Waals surface area contributed by atoms with Crippen molar-refractivity contribution in [3.63, 3.8) is 0 Å². The molecule has 0 atom stereocenters. The molecule has 7 nitrogen and oxygen atoms in total. The molecule has 1 aromatic rings. The summed E-state index contributed by atoms with van der Waals surface area (Å²) >= 11 is 0. The highest BCUT2D eigenvalue weighted by Crippen LogP contribution is 2.18. The van der Waals surface area contributed by atoms with Crippen LogP contribution in [-0.4, -0.2) is 38.6 Å². The molecule has 0 aliphatic heterocycles. The third-order valence-electron chi connectivity index (χ3n) is 2.71. The van der Waals surface area contributed by atoms with E-state index in [9.17, 15) is 13.2 Å². The van der Waals surface area contributed by atoms with Gasteiger partial charge in [0.1, 0.15) is 0 Å². The maximum absolute atomic E-state index is 11.8. The van der Waals surface area contributed by atoms with E-state index in [2.05, 4.69) is 10.0 Å². The fourth-order valence-electron chi connectivity index (χ4n) is 1.54. The molecule has 1 fully saturated rings. The number of rotatable bonds is 8. The molecule has 2 rings (SSSR count). The third kappa shape index (κ3) is 4.05. The van der Waals surface area contributed by atoms with Crippen LogP contribution in [0.5, 0.6) is 0 Å². The SMILES string of the molecule is O=C(O)c1ccc(S(=O)(=O)NCCCNC2CC2)o1. The second-order valence-electron chi connectivity index (χ2n) is 4.40. The monoisotopic (exact) mass is 288 g/mol. The van der Waals surface area contributed by atoms with Crippen molar-refractivity contribution in [2.75, 3.05) is 13.1 Å². The van der Waals surface area contributed by atoms with Crippen LogP contribution in [0.3, 0.4) is 0 Å². The molecule has 1 saturated carbocycles. The minimum Gasteiger partial charge on any atom is -0.475 e. The quantitative estimate of drug-likeness (QED) is 0.597. The molecule has 0 spiro atoms. The van der Waals surface area contributed by atoms with Gasteiger partial charge in [0.2, 0.25) is 10.9 Å². The Kier molecular flexibility index (Phi) is 4.23. The van der Waals surface area contributed by atoms with Crippen LogP contribution in [0.25, 0.3) is 0 Å². The molecule has 0 saturated heterocycles. The van der Waals surface area contributed by atoms with Crippen LogP contribution in [0.1, 0.15) is 29.8 Å². The number of carbonyl (C=O) groups is 1. The molecular weight excluding hydrogens is 272 g/mol. The number of carboxylic acid groups (broad SMARTS) is 1. The summed E-state index contributed by atoms with van der Waals surface area (Å²) in [5, 5.41) is 11.5. The average Bonchev–Trinajstić information content (AvgIpc) is 3.01. The minimum atomic E-state index is -3.77. The molecule has 1 aliphatic carbocycles. The number of sulfonamides is 1. The first kappa shape index (κ1) is 14.0. The van der Waals surface area contributed by atoms with Gasteiger partial charge in [-0.3, -0.25) is 0 Å². The first-order chi connectivity index (χ1) is 8.99. The van der Waals surface area contributed by atoms with Gasteiger partial charge in [-0.1, -0.05) is 0 Å². The van der Waals surface area contributed by atoms with E-state index in [1.807, 2.05) is 0 Å². The van der Waals surface area contributed by atoms with Crippen LogP contribution in [0.4, 0.5) is 0 Å². The fourth-order valence-corrected chi connectivity index (χ4v) is 2.54. The van der Waals surface area contributed by atoms with Crippen molar-refractivity contribution in [2.45, 2.75) is 30.4 Å². The van der Waals surface area contributed by atoms with E-state index in [1.54, 1.807) is 0 Å². The lowest BCUT2D eigenvalue weighted by Crippen LogP contribution is -2.27. The van der Waals surface area contributed by atoms with Gasteiger partial charge in [0.25, 0.3) is 10.0 Å². The first-order valence-corrected chi connectivity index (χ1v) is 7.53. The van der Waals surface area contributed by atoms with Gasteiger partial charge < -0.3 is 14.8 Å². The Balaban J connectivity index is 1.80. The van der Waals surface area contributed by atoms with E-state index in [4.69, 9.17) is 9.52 Å². The van der Waals surface area contributed by atoms with Gasteiger partial charge in [-0.15, -0.1) is 0 Å². The van der Waals surface area contributed by atoms with Crippen molar-refractivity contribution in [3.05, 3.63) is 17.9 Å². The summed E-state index contributed by atoms with van der Waals surface area (Å²) in [6.45, 7) is 1.04. The summed E-state index contributed by atoms with van der Waals surface area (Å²) in [6.07, 6.45) is 3.05. The Morgan fingerprint density at radius 2 is 2.11 bits per heavy atom. The summed E-state index contributed by atoms with van der Waals surface area (Å²) in [6, 6.07) is 2.85. The fraction of sp³-hybridized carbons (Fsp3) is 0.545. The number of hydrogen-bond donors (Lipinski definition) is 3. The van der Waals surface area contributed by atoms with Gasteiger partial charge in [-0.25, -0.2) is 17.9 Å². The van der Waals surface area contributed by atoms with E-state index in [1.165, 1.54) is 12.8 Å². The van der Waals surface area contributed by atoms with Gasteiger partial charge in [-0.2, -0.15) is 0 Å². The predicted molar refractivity (Wildman–Crippen MR) is 66.5 cm³/mol. The van der Waals surface area contributed by atoms with Gasteiger partial charge in [-0.05, 0) is 37.9 Å². The Morgan fingerprint density at radius 1 is 1.37 bits per heavy atom. The van der Waals surface area contributed by atoms with Crippen molar-refractivity contribution >= 4 is 16.0 Å². The summed E-state index contributed by atoms with van der Waals surface area (Å²) in [4.78, 5) is 10.6. The smallest absolute Gasteiger partial charge is 0.371 e. The van der Waals surface area contributed by atoms with E-state index in [0.29, 0.717) is 12.5 Å². The number of hydrogen-bond acceptors (Lipinski definition) is 5. The Hall–Kier alpha value is -1.38. The van der Waals surface area contributed by atoms with Gasteiger partial charge in [0.15, 0.2) is 0 Å². The number of furan rings is 1. The summed E-state index contributed by atoms with van der Waals surface area (Å²) in [5.41, 5.74) is 0. The van der Waals surface area contributed by atoms with Crippen LogP contribution in [-0.2, 0) is 10.0 Å². The summed E-state index contributed by atoms with van der Waals surface area (Å²) in [7, 11) is -3.77. The van der Waals surface area contributed by atoms with Crippen molar-refractivity contribution in [2.24, 2.45) is 0 Å². The largest absolute Gasteiger partial charge is 0.475 e. The summed E-state index contributed by atoms with van der Waals surface area (Å²) < 4.78 is 30.6. The van der Waals surface area contributed by atoms with Crippen LogP contribution in [0, 0.1) is 0 Å². The molecule has 1 aliphatic rings. The normalized spacial score (nSPS) is 15.6. The number of aromatic carboxylic acids is 1. The molecule has 0 unspecified atom stereocenters.